The Hall–Kier alpha value is -1.59. The fourth-order valence-corrected chi connectivity index (χ4v) is 3.45. The Morgan fingerprint density at radius 1 is 1.13 bits per heavy atom. The van der Waals surface area contributed by atoms with Crippen LogP contribution in [0, 0.1) is 0 Å². The molecule has 1 aromatic carbocycles. The Morgan fingerprint density at radius 3 is 2.43 bits per heavy atom. The normalized spacial score (nSPS) is 21.0. The van der Waals surface area contributed by atoms with Crippen molar-refractivity contribution in [3.8, 4) is 0 Å². The van der Waals surface area contributed by atoms with Gasteiger partial charge < -0.3 is 19.9 Å². The zero-order valence-corrected chi connectivity index (χ0v) is 14.0. The van der Waals surface area contributed by atoms with Crippen molar-refractivity contribution in [2.45, 2.75) is 32.2 Å². The van der Waals surface area contributed by atoms with E-state index in [4.69, 9.17) is 4.74 Å². The number of carbonyl (C=O) groups excluding carboxylic acids is 1. The van der Waals surface area contributed by atoms with Crippen LogP contribution in [-0.2, 0) is 9.53 Å². The van der Waals surface area contributed by atoms with Crippen LogP contribution >= 0.6 is 0 Å². The van der Waals surface area contributed by atoms with Crippen molar-refractivity contribution in [3.63, 3.8) is 0 Å². The molecule has 2 saturated heterocycles. The summed E-state index contributed by atoms with van der Waals surface area (Å²) >= 11 is 0. The summed E-state index contributed by atoms with van der Waals surface area (Å²) in [4.78, 5) is 16.2. The zero-order chi connectivity index (χ0) is 16.1. The first kappa shape index (κ1) is 16.3. The number of amides is 1. The monoisotopic (exact) mass is 318 g/mol. The number of anilines is 2. The number of ether oxygens (including phenoxy) is 1. The first-order valence-corrected chi connectivity index (χ1v) is 8.82. The Bertz CT molecular complexity index is 506. The molecule has 0 unspecified atom stereocenters. The average molecular weight is 318 g/mol. The molecule has 0 aromatic heterocycles. The summed E-state index contributed by atoms with van der Waals surface area (Å²) in [5.74, 6) is 0.126. The molecule has 3 rings (SSSR count). The van der Waals surface area contributed by atoms with Gasteiger partial charge in [0, 0.05) is 24.5 Å². The Morgan fingerprint density at radius 2 is 1.78 bits per heavy atom. The van der Waals surface area contributed by atoms with Crippen molar-refractivity contribution in [3.05, 3.63) is 24.3 Å². The molecule has 0 radical (unpaired) electrons. The van der Waals surface area contributed by atoms with Gasteiger partial charge in [0.2, 0.25) is 0 Å². The third kappa shape index (κ3) is 4.24. The van der Waals surface area contributed by atoms with Gasteiger partial charge >= 0.3 is 0 Å². The summed E-state index contributed by atoms with van der Waals surface area (Å²) < 4.78 is 5.38. The van der Waals surface area contributed by atoms with Gasteiger partial charge in [-0.25, -0.2) is 0 Å². The maximum atomic E-state index is 12.4. The number of carbonyl (C=O) groups is 1. The van der Waals surface area contributed by atoms with Gasteiger partial charge in [-0.2, -0.15) is 0 Å². The van der Waals surface area contributed by atoms with Gasteiger partial charge in [0.05, 0.1) is 26.3 Å². The van der Waals surface area contributed by atoms with E-state index in [1.807, 2.05) is 19.1 Å². The van der Waals surface area contributed by atoms with Crippen molar-refractivity contribution < 1.29 is 14.4 Å². The van der Waals surface area contributed by atoms with Crippen LogP contribution in [0.4, 0.5) is 11.4 Å². The molecule has 2 fully saturated rings. The van der Waals surface area contributed by atoms with Crippen molar-refractivity contribution in [2.75, 3.05) is 49.6 Å². The molecule has 2 N–H and O–H groups in total. The van der Waals surface area contributed by atoms with E-state index >= 15 is 0 Å². The summed E-state index contributed by atoms with van der Waals surface area (Å²) in [6.07, 6.45) is 3.78. The summed E-state index contributed by atoms with van der Waals surface area (Å²) in [6.45, 7) is 7.71. The van der Waals surface area contributed by atoms with Gasteiger partial charge in [0.1, 0.15) is 0 Å². The highest BCUT2D eigenvalue weighted by atomic mass is 16.5. The van der Waals surface area contributed by atoms with E-state index in [9.17, 15) is 4.79 Å². The van der Waals surface area contributed by atoms with Crippen LogP contribution in [0.1, 0.15) is 26.2 Å². The van der Waals surface area contributed by atoms with E-state index in [0.29, 0.717) is 0 Å². The van der Waals surface area contributed by atoms with Crippen molar-refractivity contribution in [1.82, 2.24) is 0 Å². The third-order valence-electron chi connectivity index (χ3n) is 5.01. The van der Waals surface area contributed by atoms with Crippen LogP contribution in [0.3, 0.4) is 0 Å². The van der Waals surface area contributed by atoms with Gasteiger partial charge in [-0.1, -0.05) is 0 Å². The van der Waals surface area contributed by atoms with Crippen molar-refractivity contribution in [1.29, 1.82) is 0 Å². The number of nitrogens with zero attached hydrogens (tertiary/aromatic N) is 1. The molecule has 1 aromatic rings. The fourth-order valence-electron chi connectivity index (χ4n) is 3.45. The van der Waals surface area contributed by atoms with E-state index in [2.05, 4.69) is 22.3 Å². The van der Waals surface area contributed by atoms with E-state index in [0.717, 1.165) is 45.1 Å². The molecule has 5 heteroatoms. The second-order valence-corrected chi connectivity index (χ2v) is 6.58. The molecule has 1 atom stereocenters. The lowest BCUT2D eigenvalue weighted by molar-refractivity contribution is -0.918. The van der Waals surface area contributed by atoms with Crippen molar-refractivity contribution in [2.24, 2.45) is 0 Å². The molecular weight excluding hydrogens is 290 g/mol. The quantitative estimate of drug-likeness (QED) is 0.868. The largest absolute Gasteiger partial charge is 0.378 e. The standard InChI is InChI=1S/C18H27N3O2/c1-15(20-9-3-2-4-10-20)18(22)19-16-5-7-17(8-6-16)21-11-13-23-14-12-21/h5-8,15H,2-4,9-14H2,1H3,(H,19,22)/p+1/t15-/m0/s1. The molecule has 2 heterocycles. The lowest BCUT2D eigenvalue weighted by atomic mass is 10.1. The summed E-state index contributed by atoms with van der Waals surface area (Å²) in [7, 11) is 0. The number of piperidine rings is 1. The third-order valence-corrected chi connectivity index (χ3v) is 5.01. The molecule has 126 valence electrons. The number of nitrogens with one attached hydrogen (secondary N) is 2. The fraction of sp³-hybridized carbons (Fsp3) is 0.611. The minimum Gasteiger partial charge on any atom is -0.378 e. The number of hydrogen-bond acceptors (Lipinski definition) is 3. The van der Waals surface area contributed by atoms with E-state index < -0.39 is 0 Å². The average Bonchev–Trinajstić information content (AvgIpc) is 2.63. The first-order valence-electron chi connectivity index (χ1n) is 8.82. The number of rotatable bonds is 4. The molecule has 23 heavy (non-hydrogen) atoms. The number of quaternary nitrogens is 1. The highest BCUT2D eigenvalue weighted by molar-refractivity contribution is 5.93. The topological polar surface area (TPSA) is 46.0 Å². The maximum Gasteiger partial charge on any atom is 0.282 e. The number of morpholine rings is 1. The Kier molecular flexibility index (Phi) is 5.51. The second-order valence-electron chi connectivity index (χ2n) is 6.58. The minimum absolute atomic E-state index is 0.0224. The van der Waals surface area contributed by atoms with Gasteiger partial charge in [0.15, 0.2) is 6.04 Å². The van der Waals surface area contributed by atoms with Crippen molar-refractivity contribution >= 4 is 17.3 Å². The second kappa shape index (κ2) is 7.79. The molecule has 0 saturated carbocycles. The minimum atomic E-state index is 0.0224. The smallest absolute Gasteiger partial charge is 0.282 e. The summed E-state index contributed by atoms with van der Waals surface area (Å²) in [6, 6.07) is 8.19. The number of likely N-dealkylation sites (tertiary alicyclic amines) is 1. The number of hydrogen-bond donors (Lipinski definition) is 2. The van der Waals surface area contributed by atoms with Gasteiger partial charge in [0.25, 0.3) is 5.91 Å². The SMILES string of the molecule is C[C@@H](C(=O)Nc1ccc(N2CCOCC2)cc1)[NH+]1CCCCC1. The molecule has 1 amide bonds. The van der Waals surface area contributed by atoms with Gasteiger partial charge in [-0.15, -0.1) is 0 Å². The van der Waals surface area contributed by atoms with Gasteiger partial charge in [-0.05, 0) is 50.5 Å². The highest BCUT2D eigenvalue weighted by Gasteiger charge is 2.26. The molecule has 2 aliphatic rings. The molecule has 0 bridgehead atoms. The zero-order valence-electron chi connectivity index (χ0n) is 14.0. The van der Waals surface area contributed by atoms with E-state index in [1.54, 1.807) is 0 Å². The molecule has 0 aliphatic carbocycles. The predicted molar refractivity (Wildman–Crippen MR) is 92.1 cm³/mol. The van der Waals surface area contributed by atoms with Crippen LogP contribution in [0.15, 0.2) is 24.3 Å². The molecule has 5 nitrogen and oxygen atoms in total. The lowest BCUT2D eigenvalue weighted by Crippen LogP contribution is -3.17. The van der Waals surface area contributed by atoms with Crippen LogP contribution < -0.4 is 15.1 Å². The van der Waals surface area contributed by atoms with E-state index in [-0.39, 0.29) is 11.9 Å². The van der Waals surface area contributed by atoms with Crippen LogP contribution in [0.5, 0.6) is 0 Å². The van der Waals surface area contributed by atoms with Crippen LogP contribution in [0.25, 0.3) is 0 Å². The highest BCUT2D eigenvalue weighted by Crippen LogP contribution is 2.19. The van der Waals surface area contributed by atoms with Crippen LogP contribution in [0.2, 0.25) is 0 Å². The van der Waals surface area contributed by atoms with Gasteiger partial charge in [-0.3, -0.25) is 4.79 Å². The lowest BCUT2D eigenvalue weighted by Gasteiger charge is -2.29. The Balaban J connectivity index is 1.55. The maximum absolute atomic E-state index is 12.4. The van der Waals surface area contributed by atoms with Crippen LogP contribution in [-0.4, -0.2) is 51.3 Å². The van der Waals surface area contributed by atoms with E-state index in [1.165, 1.54) is 29.8 Å². The summed E-state index contributed by atoms with van der Waals surface area (Å²) in [5, 5.41) is 3.07. The predicted octanol–water partition coefficient (Wildman–Crippen LogP) is 0.919. The molecule has 2 aliphatic heterocycles. The summed E-state index contributed by atoms with van der Waals surface area (Å²) in [5.41, 5.74) is 2.08. The Labute approximate surface area is 138 Å². The molecular formula is C18H28N3O2+. The first-order chi connectivity index (χ1) is 11.2. The number of benzene rings is 1. The molecule has 0 spiro atoms.